The molecule has 0 unspecified atom stereocenters. The van der Waals surface area contributed by atoms with Gasteiger partial charge in [-0.05, 0) is 32.9 Å². The van der Waals surface area contributed by atoms with Crippen LogP contribution in [0, 0.1) is 4.64 Å². The van der Waals surface area contributed by atoms with Crippen molar-refractivity contribution in [3.63, 3.8) is 0 Å². The van der Waals surface area contributed by atoms with E-state index in [-0.39, 0.29) is 0 Å². The molecule has 0 fully saturated rings. The standard InChI is InChI=1S/C10H14N2O2S/c1-10(2,3)14-9(13)12-7-5-4-6-11-8(7)15/h4-6H,1-3H3,(H,11,15)(H,12,13). The molecule has 0 radical (unpaired) electrons. The van der Waals surface area contributed by atoms with Crippen molar-refractivity contribution in [2.45, 2.75) is 26.4 Å². The Labute approximate surface area is 93.7 Å². The van der Waals surface area contributed by atoms with Crippen LogP contribution in [0.2, 0.25) is 0 Å². The molecule has 0 saturated carbocycles. The van der Waals surface area contributed by atoms with Crippen molar-refractivity contribution in [2.24, 2.45) is 0 Å². The fourth-order valence-electron chi connectivity index (χ4n) is 0.934. The summed E-state index contributed by atoms with van der Waals surface area (Å²) in [5.74, 6) is 0. The van der Waals surface area contributed by atoms with Crippen LogP contribution in [-0.2, 0) is 4.74 Å². The van der Waals surface area contributed by atoms with E-state index < -0.39 is 11.7 Å². The molecule has 82 valence electrons. The zero-order chi connectivity index (χ0) is 11.5. The van der Waals surface area contributed by atoms with Gasteiger partial charge in [-0.25, -0.2) is 4.79 Å². The van der Waals surface area contributed by atoms with Gasteiger partial charge in [-0.3, -0.25) is 5.32 Å². The van der Waals surface area contributed by atoms with E-state index in [9.17, 15) is 4.79 Å². The molecule has 4 nitrogen and oxygen atoms in total. The number of pyridine rings is 1. The topological polar surface area (TPSA) is 54.1 Å². The third-order valence-corrected chi connectivity index (χ3v) is 1.79. The Morgan fingerprint density at radius 2 is 2.20 bits per heavy atom. The van der Waals surface area contributed by atoms with Gasteiger partial charge in [-0.15, -0.1) is 0 Å². The highest BCUT2D eigenvalue weighted by Gasteiger charge is 2.16. The lowest BCUT2D eigenvalue weighted by Gasteiger charge is -2.19. The van der Waals surface area contributed by atoms with Gasteiger partial charge in [-0.2, -0.15) is 0 Å². The number of amides is 1. The maximum Gasteiger partial charge on any atom is 0.412 e. The number of aromatic nitrogens is 1. The molecule has 1 aromatic heterocycles. The van der Waals surface area contributed by atoms with Crippen molar-refractivity contribution in [1.29, 1.82) is 0 Å². The molecule has 2 N–H and O–H groups in total. The summed E-state index contributed by atoms with van der Waals surface area (Å²) < 4.78 is 5.56. The summed E-state index contributed by atoms with van der Waals surface area (Å²) in [6.07, 6.45) is 1.19. The van der Waals surface area contributed by atoms with E-state index in [4.69, 9.17) is 17.0 Å². The molecule has 0 bridgehead atoms. The molecular weight excluding hydrogens is 212 g/mol. The predicted octanol–water partition coefficient (Wildman–Crippen LogP) is 3.09. The molecule has 0 aliphatic heterocycles. The Bertz CT molecular complexity index is 406. The normalized spacial score (nSPS) is 10.9. The molecule has 0 aliphatic rings. The summed E-state index contributed by atoms with van der Waals surface area (Å²) >= 11 is 4.99. The van der Waals surface area contributed by atoms with E-state index in [1.165, 1.54) is 0 Å². The lowest BCUT2D eigenvalue weighted by molar-refractivity contribution is 0.0636. The quantitative estimate of drug-likeness (QED) is 0.723. The van der Waals surface area contributed by atoms with Crippen LogP contribution < -0.4 is 5.32 Å². The van der Waals surface area contributed by atoms with E-state index in [1.54, 1.807) is 39.1 Å². The Hall–Kier alpha value is -1.36. The van der Waals surface area contributed by atoms with E-state index in [0.29, 0.717) is 10.3 Å². The zero-order valence-corrected chi connectivity index (χ0v) is 9.77. The minimum atomic E-state index is -0.510. The summed E-state index contributed by atoms with van der Waals surface area (Å²) in [5.41, 5.74) is 0.0336. The van der Waals surface area contributed by atoms with Crippen LogP contribution in [0.3, 0.4) is 0 Å². The number of ether oxygens (including phenoxy) is 1. The molecule has 5 heteroatoms. The average molecular weight is 226 g/mol. The van der Waals surface area contributed by atoms with Crippen molar-refractivity contribution in [3.8, 4) is 0 Å². The number of carbonyl (C=O) groups is 1. The SMILES string of the molecule is CC(C)(C)OC(=O)Nc1ccc[nH]c1=S. The molecule has 1 rings (SSSR count). The van der Waals surface area contributed by atoms with Crippen molar-refractivity contribution in [1.82, 2.24) is 4.98 Å². The molecular formula is C10H14N2O2S. The minimum absolute atomic E-state index is 0.475. The fourth-order valence-corrected chi connectivity index (χ4v) is 1.12. The van der Waals surface area contributed by atoms with Crippen molar-refractivity contribution >= 4 is 24.0 Å². The smallest absolute Gasteiger partial charge is 0.412 e. The molecule has 0 aromatic carbocycles. The van der Waals surface area contributed by atoms with E-state index >= 15 is 0 Å². The number of H-pyrrole nitrogens is 1. The largest absolute Gasteiger partial charge is 0.444 e. The Kier molecular flexibility index (Phi) is 3.47. The molecule has 1 heterocycles. The number of aromatic amines is 1. The number of rotatable bonds is 1. The van der Waals surface area contributed by atoms with Gasteiger partial charge < -0.3 is 9.72 Å². The fraction of sp³-hybridized carbons (Fsp3) is 0.400. The van der Waals surface area contributed by atoms with Crippen molar-refractivity contribution in [3.05, 3.63) is 23.0 Å². The minimum Gasteiger partial charge on any atom is -0.444 e. The van der Waals surface area contributed by atoms with Crippen LogP contribution in [0.4, 0.5) is 10.5 Å². The maximum absolute atomic E-state index is 11.4. The first-order valence-electron chi connectivity index (χ1n) is 4.56. The third kappa shape index (κ3) is 4.12. The van der Waals surface area contributed by atoms with Gasteiger partial charge in [0.2, 0.25) is 0 Å². The lowest BCUT2D eigenvalue weighted by Crippen LogP contribution is -2.27. The molecule has 0 saturated heterocycles. The van der Waals surface area contributed by atoms with E-state index in [2.05, 4.69) is 10.3 Å². The van der Waals surface area contributed by atoms with Crippen LogP contribution in [0.1, 0.15) is 20.8 Å². The Morgan fingerprint density at radius 1 is 1.53 bits per heavy atom. The second kappa shape index (κ2) is 4.44. The van der Waals surface area contributed by atoms with Gasteiger partial charge in [-0.1, -0.05) is 12.2 Å². The first-order chi connectivity index (χ1) is 6.88. The first kappa shape index (κ1) is 11.7. The van der Waals surface area contributed by atoms with Gasteiger partial charge in [0, 0.05) is 6.20 Å². The monoisotopic (exact) mass is 226 g/mol. The number of anilines is 1. The van der Waals surface area contributed by atoms with E-state index in [0.717, 1.165) is 0 Å². The summed E-state index contributed by atoms with van der Waals surface area (Å²) in [5, 5.41) is 2.57. The molecule has 0 atom stereocenters. The number of carbonyl (C=O) groups excluding carboxylic acids is 1. The summed E-state index contributed by atoms with van der Waals surface area (Å²) in [4.78, 5) is 14.2. The van der Waals surface area contributed by atoms with Gasteiger partial charge in [0.25, 0.3) is 0 Å². The molecule has 1 amide bonds. The highest BCUT2D eigenvalue weighted by molar-refractivity contribution is 7.71. The molecule has 1 aromatic rings. The first-order valence-corrected chi connectivity index (χ1v) is 4.97. The Morgan fingerprint density at radius 3 is 2.73 bits per heavy atom. The summed E-state index contributed by atoms with van der Waals surface area (Å²) in [7, 11) is 0. The van der Waals surface area contributed by atoms with E-state index in [1.807, 2.05) is 0 Å². The van der Waals surface area contributed by atoms with Crippen LogP contribution in [-0.4, -0.2) is 16.7 Å². The van der Waals surface area contributed by atoms with Gasteiger partial charge in [0.1, 0.15) is 10.2 Å². The van der Waals surface area contributed by atoms with Crippen LogP contribution in [0.5, 0.6) is 0 Å². The highest BCUT2D eigenvalue weighted by atomic mass is 32.1. The number of hydrogen-bond acceptors (Lipinski definition) is 3. The second-order valence-corrected chi connectivity index (χ2v) is 4.45. The lowest BCUT2D eigenvalue weighted by atomic mass is 10.2. The second-order valence-electron chi connectivity index (χ2n) is 4.04. The van der Waals surface area contributed by atoms with Gasteiger partial charge in [0.05, 0.1) is 5.69 Å². The van der Waals surface area contributed by atoms with Gasteiger partial charge >= 0.3 is 6.09 Å². The number of hydrogen-bond donors (Lipinski definition) is 2. The molecule has 15 heavy (non-hydrogen) atoms. The molecule has 0 aliphatic carbocycles. The average Bonchev–Trinajstić information content (AvgIpc) is 2.05. The maximum atomic E-state index is 11.4. The van der Waals surface area contributed by atoms with Crippen LogP contribution >= 0.6 is 12.2 Å². The Balaban J connectivity index is 2.68. The number of nitrogens with one attached hydrogen (secondary N) is 2. The van der Waals surface area contributed by atoms with Crippen molar-refractivity contribution in [2.75, 3.05) is 5.32 Å². The van der Waals surface area contributed by atoms with Crippen LogP contribution in [0.25, 0.3) is 0 Å². The summed E-state index contributed by atoms with van der Waals surface area (Å²) in [6, 6.07) is 3.46. The predicted molar refractivity (Wildman–Crippen MR) is 61.5 cm³/mol. The summed E-state index contributed by atoms with van der Waals surface area (Å²) in [6.45, 7) is 5.41. The zero-order valence-electron chi connectivity index (χ0n) is 8.96. The van der Waals surface area contributed by atoms with Crippen LogP contribution in [0.15, 0.2) is 18.3 Å². The molecule has 0 spiro atoms. The third-order valence-electron chi connectivity index (χ3n) is 1.45. The highest BCUT2D eigenvalue weighted by Crippen LogP contribution is 2.11. The van der Waals surface area contributed by atoms with Crippen molar-refractivity contribution < 1.29 is 9.53 Å². The van der Waals surface area contributed by atoms with Gasteiger partial charge in [0.15, 0.2) is 0 Å².